The number of hydrogen-bond acceptors (Lipinski definition) is 7. The zero-order valence-electron chi connectivity index (χ0n) is 15.3. The molecule has 3 aromatic heterocycles. The summed E-state index contributed by atoms with van der Waals surface area (Å²) in [6.07, 6.45) is 6.41. The fourth-order valence-electron chi connectivity index (χ4n) is 3.52. The van der Waals surface area contributed by atoms with E-state index in [9.17, 15) is 0 Å². The summed E-state index contributed by atoms with van der Waals surface area (Å²) in [5.41, 5.74) is 2.10. The van der Waals surface area contributed by atoms with E-state index in [0.717, 1.165) is 57.1 Å². The lowest BCUT2D eigenvalue weighted by molar-refractivity contribution is 0.0835. The van der Waals surface area contributed by atoms with Crippen LogP contribution in [0.25, 0.3) is 11.5 Å². The van der Waals surface area contributed by atoms with Gasteiger partial charge in [-0.3, -0.25) is 4.68 Å². The Bertz CT molecular complexity index is 878. The Kier molecular flexibility index (Phi) is 6.71. The van der Waals surface area contributed by atoms with Gasteiger partial charge in [-0.05, 0) is 18.9 Å². The summed E-state index contributed by atoms with van der Waals surface area (Å²) in [7, 11) is 0. The number of nitrogens with one attached hydrogen (secondary N) is 1. The molecule has 0 saturated carbocycles. The molecule has 28 heavy (non-hydrogen) atoms. The summed E-state index contributed by atoms with van der Waals surface area (Å²) in [6, 6.07) is 2.11. The molecule has 9 nitrogen and oxygen atoms in total. The van der Waals surface area contributed by atoms with Gasteiger partial charge >= 0.3 is 0 Å². The molecule has 0 bridgehead atoms. The Morgan fingerprint density at radius 1 is 1.29 bits per heavy atom. The summed E-state index contributed by atoms with van der Waals surface area (Å²) in [5.74, 6) is 2.16. The molecule has 1 atom stereocenters. The molecule has 3 aromatic rings. The molecule has 2 aliphatic rings. The van der Waals surface area contributed by atoms with Gasteiger partial charge in [0, 0.05) is 45.1 Å². The number of rotatable bonds is 5. The largest absolute Gasteiger partial charge is 0.368 e. The van der Waals surface area contributed by atoms with Crippen LogP contribution in [-0.2, 0) is 30.8 Å². The lowest BCUT2D eigenvalue weighted by Crippen LogP contribution is -2.28. The van der Waals surface area contributed by atoms with E-state index in [4.69, 9.17) is 14.4 Å². The Balaban J connectivity index is 0.00000112. The predicted octanol–water partition coefficient (Wildman–Crippen LogP) is 2.17. The maximum Gasteiger partial charge on any atom is 0.255 e. The Hall–Kier alpha value is -1.94. The molecule has 1 saturated heterocycles. The van der Waals surface area contributed by atoms with Crippen molar-refractivity contribution >= 4 is 24.8 Å². The minimum absolute atomic E-state index is 0. The van der Waals surface area contributed by atoms with Crippen LogP contribution in [0.4, 0.5) is 0 Å². The predicted molar refractivity (Wildman–Crippen MR) is 106 cm³/mol. The van der Waals surface area contributed by atoms with Crippen molar-refractivity contribution in [3.8, 4) is 11.5 Å². The molecule has 5 rings (SSSR count). The van der Waals surface area contributed by atoms with Gasteiger partial charge in [0.25, 0.3) is 5.89 Å². The van der Waals surface area contributed by atoms with E-state index in [-0.39, 0.29) is 30.9 Å². The van der Waals surface area contributed by atoms with Crippen LogP contribution in [-0.4, -0.2) is 42.6 Å². The third-order valence-corrected chi connectivity index (χ3v) is 4.88. The van der Waals surface area contributed by atoms with Crippen molar-refractivity contribution in [1.29, 1.82) is 0 Å². The monoisotopic (exact) mass is 427 g/mol. The average Bonchev–Trinajstić information content (AvgIpc) is 3.46. The van der Waals surface area contributed by atoms with Crippen LogP contribution in [0.3, 0.4) is 0 Å². The number of ether oxygens (including phenoxy) is 1. The molecule has 2 aliphatic heterocycles. The number of halogens is 2. The van der Waals surface area contributed by atoms with E-state index < -0.39 is 0 Å². The number of hydrogen-bond donors (Lipinski definition) is 1. The quantitative estimate of drug-likeness (QED) is 0.666. The molecular formula is C17H23Cl2N7O2. The van der Waals surface area contributed by atoms with Gasteiger partial charge in [0.15, 0.2) is 11.6 Å². The molecule has 0 spiro atoms. The Morgan fingerprint density at radius 3 is 3.04 bits per heavy atom. The van der Waals surface area contributed by atoms with E-state index in [1.165, 1.54) is 5.69 Å². The fourth-order valence-corrected chi connectivity index (χ4v) is 3.52. The molecule has 1 unspecified atom stereocenters. The van der Waals surface area contributed by atoms with Gasteiger partial charge in [-0.15, -0.1) is 24.8 Å². The van der Waals surface area contributed by atoms with Crippen LogP contribution in [0.2, 0.25) is 0 Å². The number of fused-ring (bicyclic) bond motifs is 1. The van der Waals surface area contributed by atoms with E-state index in [0.29, 0.717) is 18.1 Å². The molecule has 0 radical (unpaired) electrons. The van der Waals surface area contributed by atoms with Crippen molar-refractivity contribution in [3.63, 3.8) is 0 Å². The summed E-state index contributed by atoms with van der Waals surface area (Å²) < 4.78 is 15.1. The number of aromatic nitrogens is 6. The second kappa shape index (κ2) is 9.04. The number of imidazole rings is 1. The van der Waals surface area contributed by atoms with Crippen molar-refractivity contribution in [2.24, 2.45) is 0 Å². The van der Waals surface area contributed by atoms with Crippen LogP contribution in [0.5, 0.6) is 0 Å². The fraction of sp³-hybridized carbons (Fsp3) is 0.529. The van der Waals surface area contributed by atoms with E-state index in [2.05, 4.69) is 35.8 Å². The van der Waals surface area contributed by atoms with Crippen LogP contribution in [0.1, 0.15) is 36.4 Å². The highest BCUT2D eigenvalue weighted by Gasteiger charge is 2.24. The average molecular weight is 428 g/mol. The zero-order chi connectivity index (χ0) is 17.3. The highest BCUT2D eigenvalue weighted by Crippen LogP contribution is 2.27. The van der Waals surface area contributed by atoms with Gasteiger partial charge in [-0.1, -0.05) is 5.16 Å². The molecular weight excluding hydrogens is 405 g/mol. The lowest BCUT2D eigenvalue weighted by Gasteiger charge is -2.13. The Morgan fingerprint density at radius 2 is 2.21 bits per heavy atom. The second-order valence-electron chi connectivity index (χ2n) is 6.67. The molecule has 1 N–H and O–H groups in total. The second-order valence-corrected chi connectivity index (χ2v) is 6.67. The van der Waals surface area contributed by atoms with Crippen LogP contribution < -0.4 is 5.32 Å². The molecule has 152 valence electrons. The normalized spacial score (nSPS) is 18.4. The SMILES string of the molecule is Cl.Cl.c1cn(CCc2noc(C3CCCO3)n2)c(-c2cc3n(n2)CCNC3)n1. The van der Waals surface area contributed by atoms with Crippen LogP contribution in [0.15, 0.2) is 23.0 Å². The zero-order valence-corrected chi connectivity index (χ0v) is 16.9. The summed E-state index contributed by atoms with van der Waals surface area (Å²) in [5, 5.41) is 12.1. The maximum absolute atomic E-state index is 5.59. The highest BCUT2D eigenvalue weighted by atomic mass is 35.5. The lowest BCUT2D eigenvalue weighted by atomic mass is 10.2. The summed E-state index contributed by atoms with van der Waals surface area (Å²) >= 11 is 0. The highest BCUT2D eigenvalue weighted by molar-refractivity contribution is 5.85. The van der Waals surface area contributed by atoms with Gasteiger partial charge in [-0.25, -0.2) is 4.98 Å². The maximum atomic E-state index is 5.59. The van der Waals surface area contributed by atoms with Crippen molar-refractivity contribution < 1.29 is 9.26 Å². The van der Waals surface area contributed by atoms with Crippen molar-refractivity contribution in [1.82, 2.24) is 34.8 Å². The first-order chi connectivity index (χ1) is 12.9. The first-order valence-corrected chi connectivity index (χ1v) is 9.10. The van der Waals surface area contributed by atoms with Gasteiger partial charge < -0.3 is 19.1 Å². The smallest absolute Gasteiger partial charge is 0.255 e. The first kappa shape index (κ1) is 20.8. The van der Waals surface area contributed by atoms with Gasteiger partial charge in [-0.2, -0.15) is 10.1 Å². The summed E-state index contributed by atoms with van der Waals surface area (Å²) in [4.78, 5) is 8.98. The minimum Gasteiger partial charge on any atom is -0.368 e. The van der Waals surface area contributed by atoms with Gasteiger partial charge in [0.2, 0.25) is 0 Å². The summed E-state index contributed by atoms with van der Waals surface area (Å²) in [6.45, 7) is 4.19. The molecule has 0 aromatic carbocycles. The molecule has 0 aliphatic carbocycles. The molecule has 1 fully saturated rings. The number of nitrogens with zero attached hydrogens (tertiary/aromatic N) is 6. The van der Waals surface area contributed by atoms with E-state index in [1.54, 1.807) is 6.20 Å². The van der Waals surface area contributed by atoms with E-state index in [1.807, 2.05) is 6.20 Å². The van der Waals surface area contributed by atoms with Gasteiger partial charge in [0.05, 0.1) is 12.2 Å². The topological polar surface area (TPSA) is 95.8 Å². The third-order valence-electron chi connectivity index (χ3n) is 4.88. The number of aryl methyl sites for hydroxylation is 2. The van der Waals surface area contributed by atoms with Gasteiger partial charge in [0.1, 0.15) is 11.8 Å². The Labute approximate surface area is 174 Å². The van der Waals surface area contributed by atoms with Crippen LogP contribution in [0, 0.1) is 0 Å². The minimum atomic E-state index is -0.0365. The van der Waals surface area contributed by atoms with Crippen LogP contribution >= 0.6 is 24.8 Å². The molecule has 0 amide bonds. The van der Waals surface area contributed by atoms with Crippen molar-refractivity contribution in [2.75, 3.05) is 13.2 Å². The first-order valence-electron chi connectivity index (χ1n) is 9.10. The van der Waals surface area contributed by atoms with E-state index >= 15 is 0 Å². The van der Waals surface area contributed by atoms with Crippen molar-refractivity contribution in [2.45, 2.75) is 45.0 Å². The molecule has 5 heterocycles. The molecule has 11 heteroatoms. The van der Waals surface area contributed by atoms with Crippen molar-refractivity contribution in [3.05, 3.63) is 35.9 Å². The standard InChI is InChI=1S/C17H21N7O2.2ClH/c1-2-14(25-9-1)17-20-15(22-26-17)3-6-23-7-5-19-16(23)13-10-12-11-18-4-8-24(12)21-13;;/h5,7,10,14,18H,1-4,6,8-9,11H2;2*1H. The third kappa shape index (κ3) is 4.07.